The van der Waals surface area contributed by atoms with Crippen LogP contribution in [0.2, 0.25) is 5.02 Å². The molecule has 3 rings (SSSR count). The summed E-state index contributed by atoms with van der Waals surface area (Å²) in [4.78, 5) is 2.63. The van der Waals surface area contributed by atoms with Crippen LogP contribution in [0.25, 0.3) is 0 Å². The molecular formula is C20H25ClN2O2S. The molecule has 26 heavy (non-hydrogen) atoms. The summed E-state index contributed by atoms with van der Waals surface area (Å²) >= 11 is 6.10. The average Bonchev–Trinajstić information content (AvgIpc) is 2.65. The molecule has 0 unspecified atom stereocenters. The van der Waals surface area contributed by atoms with Crippen LogP contribution in [0.5, 0.6) is 0 Å². The standard InChI is InChI=1S/C20H25ClN2O2S/c1-17-9-10-19(16-20(17)21)26(24,25)23-14-12-22(13-15-23)11-5-8-18-6-3-2-4-7-18/h2-4,6-7,9-10,16H,5,8,11-15H2,1H3. The SMILES string of the molecule is Cc1ccc(S(=O)(=O)N2CCN(CCCc3ccccc3)CC2)cc1Cl. The highest BCUT2D eigenvalue weighted by atomic mass is 35.5. The number of halogens is 1. The Morgan fingerprint density at radius 1 is 1.00 bits per heavy atom. The van der Waals surface area contributed by atoms with E-state index in [4.69, 9.17) is 11.6 Å². The third kappa shape index (κ3) is 4.65. The van der Waals surface area contributed by atoms with E-state index in [0.29, 0.717) is 18.1 Å². The smallest absolute Gasteiger partial charge is 0.243 e. The third-order valence-corrected chi connectivity index (χ3v) is 7.20. The Labute approximate surface area is 161 Å². The first kappa shape index (κ1) is 19.4. The van der Waals surface area contributed by atoms with Crippen molar-refractivity contribution < 1.29 is 8.42 Å². The van der Waals surface area contributed by atoms with Gasteiger partial charge in [-0.25, -0.2) is 8.42 Å². The van der Waals surface area contributed by atoms with Crippen molar-refractivity contribution in [3.8, 4) is 0 Å². The molecule has 2 aromatic rings. The molecule has 0 atom stereocenters. The summed E-state index contributed by atoms with van der Waals surface area (Å²) in [5.74, 6) is 0. The van der Waals surface area contributed by atoms with E-state index in [2.05, 4.69) is 29.2 Å². The Bertz CT molecular complexity index is 832. The number of hydrogen-bond acceptors (Lipinski definition) is 3. The molecular weight excluding hydrogens is 368 g/mol. The predicted octanol–water partition coefficient (Wildman–Crippen LogP) is 3.59. The fourth-order valence-corrected chi connectivity index (χ4v) is 4.92. The van der Waals surface area contributed by atoms with E-state index < -0.39 is 10.0 Å². The molecule has 4 nitrogen and oxygen atoms in total. The average molecular weight is 393 g/mol. The number of rotatable bonds is 6. The van der Waals surface area contributed by atoms with Gasteiger partial charge in [-0.2, -0.15) is 4.31 Å². The van der Waals surface area contributed by atoms with Gasteiger partial charge in [0.05, 0.1) is 4.90 Å². The summed E-state index contributed by atoms with van der Waals surface area (Å²) in [7, 11) is -3.47. The Hall–Kier alpha value is -1.40. The van der Waals surface area contributed by atoms with Crippen LogP contribution >= 0.6 is 11.6 Å². The highest BCUT2D eigenvalue weighted by Gasteiger charge is 2.28. The number of piperazine rings is 1. The molecule has 0 aromatic heterocycles. The molecule has 1 fully saturated rings. The van der Waals surface area contributed by atoms with E-state index in [1.165, 1.54) is 5.56 Å². The van der Waals surface area contributed by atoms with E-state index >= 15 is 0 Å². The Morgan fingerprint density at radius 2 is 1.69 bits per heavy atom. The maximum atomic E-state index is 12.8. The summed E-state index contributed by atoms with van der Waals surface area (Å²) in [6.07, 6.45) is 2.14. The van der Waals surface area contributed by atoms with Crippen LogP contribution in [0.3, 0.4) is 0 Å². The lowest BCUT2D eigenvalue weighted by molar-refractivity contribution is 0.187. The lowest BCUT2D eigenvalue weighted by Gasteiger charge is -2.34. The lowest BCUT2D eigenvalue weighted by Crippen LogP contribution is -2.48. The number of nitrogens with zero attached hydrogens (tertiary/aromatic N) is 2. The van der Waals surface area contributed by atoms with Crippen molar-refractivity contribution in [2.45, 2.75) is 24.7 Å². The van der Waals surface area contributed by atoms with E-state index in [-0.39, 0.29) is 4.90 Å². The summed E-state index contributed by atoms with van der Waals surface area (Å²) in [6.45, 7) is 5.46. The van der Waals surface area contributed by atoms with Gasteiger partial charge in [0.2, 0.25) is 10.0 Å². The molecule has 0 amide bonds. The molecule has 1 aliphatic heterocycles. The highest BCUT2D eigenvalue weighted by Crippen LogP contribution is 2.23. The molecule has 2 aromatic carbocycles. The minimum Gasteiger partial charge on any atom is -0.301 e. The fraction of sp³-hybridized carbons (Fsp3) is 0.400. The van der Waals surface area contributed by atoms with Crippen molar-refractivity contribution in [1.29, 1.82) is 0 Å². The Morgan fingerprint density at radius 3 is 2.35 bits per heavy atom. The van der Waals surface area contributed by atoms with Crippen molar-refractivity contribution in [2.75, 3.05) is 32.7 Å². The van der Waals surface area contributed by atoms with Gasteiger partial charge in [0.1, 0.15) is 0 Å². The third-order valence-electron chi connectivity index (χ3n) is 4.89. The summed E-state index contributed by atoms with van der Waals surface area (Å²) in [6, 6.07) is 15.4. The second-order valence-electron chi connectivity index (χ2n) is 6.75. The van der Waals surface area contributed by atoms with Crippen molar-refractivity contribution in [2.24, 2.45) is 0 Å². The maximum Gasteiger partial charge on any atom is 0.243 e. The second-order valence-corrected chi connectivity index (χ2v) is 9.09. The van der Waals surface area contributed by atoms with Crippen LogP contribution in [0.4, 0.5) is 0 Å². The quantitative estimate of drug-likeness (QED) is 0.754. The number of aryl methyl sites for hydroxylation is 2. The minimum atomic E-state index is -3.47. The highest BCUT2D eigenvalue weighted by molar-refractivity contribution is 7.89. The normalized spacial score (nSPS) is 16.7. The fourth-order valence-electron chi connectivity index (χ4n) is 3.23. The van der Waals surface area contributed by atoms with Crippen molar-refractivity contribution in [3.63, 3.8) is 0 Å². The van der Waals surface area contributed by atoms with Gasteiger partial charge in [-0.05, 0) is 49.6 Å². The first-order valence-corrected chi connectivity index (χ1v) is 10.8. The first-order valence-electron chi connectivity index (χ1n) is 8.99. The van der Waals surface area contributed by atoms with E-state index in [1.807, 2.05) is 13.0 Å². The molecule has 0 radical (unpaired) electrons. The molecule has 140 valence electrons. The van der Waals surface area contributed by atoms with Gasteiger partial charge in [-0.3, -0.25) is 0 Å². The minimum absolute atomic E-state index is 0.283. The topological polar surface area (TPSA) is 40.6 Å². The Kier molecular flexibility index (Phi) is 6.35. The molecule has 1 aliphatic rings. The van der Waals surface area contributed by atoms with Crippen LogP contribution in [0.1, 0.15) is 17.5 Å². The molecule has 0 bridgehead atoms. The molecule has 1 saturated heterocycles. The van der Waals surface area contributed by atoms with E-state index in [9.17, 15) is 8.42 Å². The van der Waals surface area contributed by atoms with Crippen LogP contribution in [0, 0.1) is 6.92 Å². The van der Waals surface area contributed by atoms with Crippen LogP contribution in [-0.2, 0) is 16.4 Å². The van der Waals surface area contributed by atoms with Gasteiger partial charge < -0.3 is 4.90 Å². The second kappa shape index (κ2) is 8.53. The largest absolute Gasteiger partial charge is 0.301 e. The van der Waals surface area contributed by atoms with E-state index in [0.717, 1.165) is 38.0 Å². The van der Waals surface area contributed by atoms with Crippen LogP contribution < -0.4 is 0 Å². The van der Waals surface area contributed by atoms with Crippen LogP contribution in [0.15, 0.2) is 53.4 Å². The number of hydrogen-bond donors (Lipinski definition) is 0. The zero-order valence-corrected chi connectivity index (χ0v) is 16.6. The Balaban J connectivity index is 1.52. The lowest BCUT2D eigenvalue weighted by atomic mass is 10.1. The number of sulfonamides is 1. The van der Waals surface area contributed by atoms with Gasteiger partial charge in [0.25, 0.3) is 0 Å². The van der Waals surface area contributed by atoms with Crippen molar-refractivity contribution in [3.05, 3.63) is 64.7 Å². The van der Waals surface area contributed by atoms with Crippen molar-refractivity contribution in [1.82, 2.24) is 9.21 Å². The maximum absolute atomic E-state index is 12.8. The van der Waals surface area contributed by atoms with Crippen molar-refractivity contribution >= 4 is 21.6 Å². The summed E-state index contributed by atoms with van der Waals surface area (Å²) in [5, 5.41) is 0.491. The zero-order valence-electron chi connectivity index (χ0n) is 15.1. The summed E-state index contributed by atoms with van der Waals surface area (Å²) < 4.78 is 27.2. The number of benzene rings is 2. The molecule has 0 N–H and O–H groups in total. The molecule has 0 aliphatic carbocycles. The van der Waals surface area contributed by atoms with Gasteiger partial charge in [0, 0.05) is 31.2 Å². The van der Waals surface area contributed by atoms with E-state index in [1.54, 1.807) is 22.5 Å². The monoisotopic (exact) mass is 392 g/mol. The zero-order chi connectivity index (χ0) is 18.6. The van der Waals surface area contributed by atoms with Gasteiger partial charge in [-0.1, -0.05) is 48.0 Å². The van der Waals surface area contributed by atoms with Gasteiger partial charge >= 0.3 is 0 Å². The van der Waals surface area contributed by atoms with Gasteiger partial charge in [-0.15, -0.1) is 0 Å². The van der Waals surface area contributed by atoms with Crippen LogP contribution in [-0.4, -0.2) is 50.3 Å². The first-order chi connectivity index (χ1) is 12.5. The summed E-state index contributed by atoms with van der Waals surface area (Å²) in [5.41, 5.74) is 2.24. The molecule has 6 heteroatoms. The molecule has 0 spiro atoms. The molecule has 0 saturated carbocycles. The predicted molar refractivity (Wildman–Crippen MR) is 106 cm³/mol. The molecule has 1 heterocycles. The van der Waals surface area contributed by atoms with Gasteiger partial charge in [0.15, 0.2) is 0 Å².